The maximum atomic E-state index is 8.95. The molecule has 0 unspecified atom stereocenters. The van der Waals surface area contributed by atoms with Crippen molar-refractivity contribution in [1.29, 1.82) is 5.26 Å². The Balaban J connectivity index is 1.55. The fourth-order valence-corrected chi connectivity index (χ4v) is 2.60. The number of pyridine rings is 1. The van der Waals surface area contributed by atoms with Crippen molar-refractivity contribution in [3.63, 3.8) is 0 Å². The van der Waals surface area contributed by atoms with E-state index in [1.807, 2.05) is 59.2 Å². The van der Waals surface area contributed by atoms with Gasteiger partial charge in [0.1, 0.15) is 30.3 Å². The summed E-state index contributed by atoms with van der Waals surface area (Å²) in [6.07, 6.45) is 3.26. The third-order valence-corrected chi connectivity index (χ3v) is 3.88. The topological polar surface area (TPSA) is 63.7 Å². The third-order valence-electron chi connectivity index (χ3n) is 3.88. The molecule has 0 N–H and O–H groups in total. The van der Waals surface area contributed by atoms with Crippen LogP contribution in [0.3, 0.4) is 0 Å². The van der Waals surface area contributed by atoms with Gasteiger partial charge in [0, 0.05) is 11.9 Å². The Morgan fingerprint density at radius 1 is 1.00 bits per heavy atom. The number of aromatic nitrogens is 3. The monoisotopic (exact) mass is 326 g/mol. The van der Waals surface area contributed by atoms with E-state index in [-0.39, 0.29) is 0 Å². The largest absolute Gasteiger partial charge is 0.489 e. The molecule has 0 amide bonds. The molecule has 0 atom stereocenters. The minimum absolute atomic E-state index is 0.502. The summed E-state index contributed by atoms with van der Waals surface area (Å²) < 4.78 is 7.69. The van der Waals surface area contributed by atoms with Crippen LogP contribution in [0, 0.1) is 11.3 Å². The van der Waals surface area contributed by atoms with Crippen molar-refractivity contribution >= 4 is 11.2 Å². The van der Waals surface area contributed by atoms with Gasteiger partial charge in [0.05, 0.1) is 5.56 Å². The van der Waals surface area contributed by atoms with Crippen LogP contribution >= 0.6 is 0 Å². The van der Waals surface area contributed by atoms with Crippen LogP contribution < -0.4 is 4.74 Å². The molecule has 120 valence electrons. The molecule has 0 aliphatic carbocycles. The number of imidazole rings is 1. The second-order valence-electron chi connectivity index (χ2n) is 5.56. The van der Waals surface area contributed by atoms with E-state index in [2.05, 4.69) is 16.0 Å². The average Bonchev–Trinajstić information content (AvgIpc) is 3.10. The summed E-state index contributed by atoms with van der Waals surface area (Å²) in [5.41, 5.74) is 3.99. The van der Waals surface area contributed by atoms with Crippen molar-refractivity contribution in [3.8, 4) is 17.5 Å². The first kappa shape index (κ1) is 14.9. The standard InChI is InChI=1S/C20H14N4O/c21-11-16-10-19-20(22-12-16)24(14-23-19)17-6-8-18(9-7-17)25-13-15-4-2-1-3-5-15/h1-10,12,14H,13H2. The summed E-state index contributed by atoms with van der Waals surface area (Å²) in [5.74, 6) is 0.803. The van der Waals surface area contributed by atoms with E-state index >= 15 is 0 Å². The minimum Gasteiger partial charge on any atom is -0.489 e. The van der Waals surface area contributed by atoms with Gasteiger partial charge in [-0.3, -0.25) is 4.57 Å². The summed E-state index contributed by atoms with van der Waals surface area (Å²) in [7, 11) is 0. The SMILES string of the molecule is N#Cc1cnc2c(c1)ncn2-c1ccc(OCc2ccccc2)cc1. The van der Waals surface area contributed by atoms with E-state index in [1.165, 1.54) is 0 Å². The van der Waals surface area contributed by atoms with Gasteiger partial charge in [0.25, 0.3) is 0 Å². The zero-order chi connectivity index (χ0) is 17.1. The van der Waals surface area contributed by atoms with E-state index < -0.39 is 0 Å². The average molecular weight is 326 g/mol. The van der Waals surface area contributed by atoms with Crippen LogP contribution in [-0.4, -0.2) is 14.5 Å². The Labute approximate surface area is 144 Å². The number of hydrogen-bond donors (Lipinski definition) is 0. The maximum Gasteiger partial charge on any atom is 0.164 e. The van der Waals surface area contributed by atoms with Gasteiger partial charge in [0.15, 0.2) is 5.65 Å². The van der Waals surface area contributed by atoms with Gasteiger partial charge in [-0.05, 0) is 35.9 Å². The second kappa shape index (κ2) is 6.46. The highest BCUT2D eigenvalue weighted by atomic mass is 16.5. The molecule has 5 heteroatoms. The Kier molecular flexibility index (Phi) is 3.85. The molecule has 2 heterocycles. The summed E-state index contributed by atoms with van der Waals surface area (Å²) in [5, 5.41) is 8.95. The number of nitrogens with zero attached hydrogens (tertiary/aromatic N) is 4. The lowest BCUT2D eigenvalue weighted by Gasteiger charge is -2.08. The molecule has 4 aromatic rings. The number of benzene rings is 2. The van der Waals surface area contributed by atoms with E-state index in [1.54, 1.807) is 18.6 Å². The van der Waals surface area contributed by atoms with Gasteiger partial charge in [-0.1, -0.05) is 30.3 Å². The fraction of sp³-hybridized carbons (Fsp3) is 0.0500. The molecule has 2 aromatic carbocycles. The molecule has 0 spiro atoms. The smallest absolute Gasteiger partial charge is 0.164 e. The fourth-order valence-electron chi connectivity index (χ4n) is 2.60. The number of hydrogen-bond acceptors (Lipinski definition) is 4. The molecule has 0 aliphatic rings. The van der Waals surface area contributed by atoms with Crippen LogP contribution in [0.15, 0.2) is 73.2 Å². The zero-order valence-electron chi connectivity index (χ0n) is 13.3. The molecule has 0 radical (unpaired) electrons. The van der Waals surface area contributed by atoms with Crippen molar-refractivity contribution in [1.82, 2.24) is 14.5 Å². The normalized spacial score (nSPS) is 10.5. The highest BCUT2D eigenvalue weighted by molar-refractivity contribution is 5.74. The van der Waals surface area contributed by atoms with Crippen LogP contribution in [0.4, 0.5) is 0 Å². The van der Waals surface area contributed by atoms with Gasteiger partial charge in [-0.2, -0.15) is 5.26 Å². The quantitative estimate of drug-likeness (QED) is 0.571. The Morgan fingerprint density at radius 3 is 2.56 bits per heavy atom. The van der Waals surface area contributed by atoms with Crippen LogP contribution in [0.25, 0.3) is 16.9 Å². The van der Waals surface area contributed by atoms with Crippen LogP contribution in [0.5, 0.6) is 5.75 Å². The summed E-state index contributed by atoms with van der Waals surface area (Å²) in [6, 6.07) is 21.6. The first-order chi connectivity index (χ1) is 12.3. The first-order valence-corrected chi connectivity index (χ1v) is 7.84. The van der Waals surface area contributed by atoms with Crippen LogP contribution in [0.2, 0.25) is 0 Å². The van der Waals surface area contributed by atoms with E-state index in [9.17, 15) is 0 Å². The molecule has 0 fully saturated rings. The minimum atomic E-state index is 0.502. The lowest BCUT2D eigenvalue weighted by atomic mass is 10.2. The van der Waals surface area contributed by atoms with Crippen molar-refractivity contribution in [2.24, 2.45) is 0 Å². The van der Waals surface area contributed by atoms with Crippen molar-refractivity contribution in [2.75, 3.05) is 0 Å². The molecule has 4 rings (SSSR count). The van der Waals surface area contributed by atoms with E-state index in [4.69, 9.17) is 10.00 Å². The Morgan fingerprint density at radius 2 is 1.80 bits per heavy atom. The maximum absolute atomic E-state index is 8.95. The highest BCUT2D eigenvalue weighted by Crippen LogP contribution is 2.20. The van der Waals surface area contributed by atoms with E-state index in [0.717, 1.165) is 22.6 Å². The number of ether oxygens (including phenoxy) is 1. The predicted octanol–water partition coefficient (Wildman–Crippen LogP) is 3.87. The Bertz CT molecular complexity index is 1050. The van der Waals surface area contributed by atoms with Gasteiger partial charge in [-0.15, -0.1) is 0 Å². The van der Waals surface area contributed by atoms with Gasteiger partial charge < -0.3 is 4.74 Å². The summed E-state index contributed by atoms with van der Waals surface area (Å²) in [6.45, 7) is 0.534. The molecule has 2 aromatic heterocycles. The molecular weight excluding hydrogens is 312 g/mol. The van der Waals surface area contributed by atoms with Crippen molar-refractivity contribution in [3.05, 3.63) is 84.3 Å². The van der Waals surface area contributed by atoms with Crippen LogP contribution in [0.1, 0.15) is 11.1 Å². The van der Waals surface area contributed by atoms with E-state index in [0.29, 0.717) is 17.7 Å². The molecule has 25 heavy (non-hydrogen) atoms. The first-order valence-electron chi connectivity index (χ1n) is 7.84. The van der Waals surface area contributed by atoms with Crippen molar-refractivity contribution < 1.29 is 4.74 Å². The van der Waals surface area contributed by atoms with Gasteiger partial charge in [-0.25, -0.2) is 9.97 Å². The van der Waals surface area contributed by atoms with Crippen LogP contribution in [-0.2, 0) is 6.61 Å². The van der Waals surface area contributed by atoms with Gasteiger partial charge >= 0.3 is 0 Å². The zero-order valence-corrected chi connectivity index (χ0v) is 13.3. The predicted molar refractivity (Wildman–Crippen MR) is 94.4 cm³/mol. The lowest BCUT2D eigenvalue weighted by molar-refractivity contribution is 0.306. The summed E-state index contributed by atoms with van der Waals surface area (Å²) >= 11 is 0. The number of rotatable bonds is 4. The molecule has 0 saturated heterocycles. The molecule has 0 bridgehead atoms. The van der Waals surface area contributed by atoms with Gasteiger partial charge in [0.2, 0.25) is 0 Å². The Hall–Kier alpha value is -3.65. The number of fused-ring (bicyclic) bond motifs is 1. The lowest BCUT2D eigenvalue weighted by Crippen LogP contribution is -1.97. The third kappa shape index (κ3) is 3.06. The molecule has 0 saturated carbocycles. The summed E-state index contributed by atoms with van der Waals surface area (Å²) in [4.78, 5) is 8.65. The second-order valence-corrected chi connectivity index (χ2v) is 5.56. The molecule has 0 aliphatic heterocycles. The molecular formula is C20H14N4O. The highest BCUT2D eigenvalue weighted by Gasteiger charge is 2.07. The van der Waals surface area contributed by atoms with Crippen molar-refractivity contribution in [2.45, 2.75) is 6.61 Å². The number of nitriles is 1. The molecule has 5 nitrogen and oxygen atoms in total.